The summed E-state index contributed by atoms with van der Waals surface area (Å²) in [6.45, 7) is 8.49. The molecule has 88 valence electrons. The van der Waals surface area contributed by atoms with E-state index in [0.29, 0.717) is 12.1 Å². The lowest BCUT2D eigenvalue weighted by atomic mass is 10.1. The minimum Gasteiger partial charge on any atom is -0.326 e. The summed E-state index contributed by atoms with van der Waals surface area (Å²) in [6, 6.07) is 1.14. The monoisotopic (exact) mass is 211 g/mol. The van der Waals surface area contributed by atoms with E-state index >= 15 is 0 Å². The van der Waals surface area contributed by atoms with Crippen LogP contribution in [0.3, 0.4) is 0 Å². The number of nitrogens with two attached hydrogens (primary N) is 1. The minimum absolute atomic E-state index is 0.447. The summed E-state index contributed by atoms with van der Waals surface area (Å²) >= 11 is 0. The van der Waals surface area contributed by atoms with E-state index in [-0.39, 0.29) is 0 Å². The second kappa shape index (κ2) is 5.28. The van der Waals surface area contributed by atoms with Crippen LogP contribution in [-0.4, -0.2) is 54.6 Å². The molecule has 0 radical (unpaired) electrons. The molecule has 1 aliphatic heterocycles. The Morgan fingerprint density at radius 3 is 2.40 bits per heavy atom. The van der Waals surface area contributed by atoms with Crippen LogP contribution in [0.2, 0.25) is 0 Å². The molecular weight excluding hydrogens is 186 g/mol. The Kier molecular flexibility index (Phi) is 4.00. The molecule has 3 nitrogen and oxygen atoms in total. The average Bonchev–Trinajstić information content (AvgIpc) is 2.66. The highest BCUT2D eigenvalue weighted by Gasteiger charge is 2.31. The molecule has 1 aliphatic carbocycles. The van der Waals surface area contributed by atoms with Crippen molar-refractivity contribution in [1.29, 1.82) is 0 Å². The van der Waals surface area contributed by atoms with Gasteiger partial charge in [0.15, 0.2) is 0 Å². The molecule has 1 heterocycles. The van der Waals surface area contributed by atoms with Crippen LogP contribution in [0.25, 0.3) is 0 Å². The standard InChI is InChI=1S/C12H25N3/c1-2-6-14-7-9-15(10-8-14)12-5-3-4-11(12)13/h11-12H,2-10,13H2,1H3/t11-,12-/m1/s1. The summed E-state index contributed by atoms with van der Waals surface area (Å²) in [6.07, 6.45) is 5.18. The SMILES string of the molecule is CCCN1CCN([C@@H]2CCC[C@H]2N)CC1. The molecule has 15 heavy (non-hydrogen) atoms. The van der Waals surface area contributed by atoms with Crippen molar-refractivity contribution in [2.45, 2.75) is 44.7 Å². The van der Waals surface area contributed by atoms with Crippen molar-refractivity contribution in [3.8, 4) is 0 Å². The van der Waals surface area contributed by atoms with Crippen LogP contribution >= 0.6 is 0 Å². The molecule has 1 saturated carbocycles. The molecule has 3 heteroatoms. The smallest absolute Gasteiger partial charge is 0.0248 e. The highest BCUT2D eigenvalue weighted by molar-refractivity contribution is 4.90. The van der Waals surface area contributed by atoms with Crippen LogP contribution in [0.5, 0.6) is 0 Å². The topological polar surface area (TPSA) is 32.5 Å². The van der Waals surface area contributed by atoms with Gasteiger partial charge in [-0.2, -0.15) is 0 Å². The van der Waals surface area contributed by atoms with Crippen LogP contribution in [0.15, 0.2) is 0 Å². The third-order valence-electron chi connectivity index (χ3n) is 3.95. The zero-order chi connectivity index (χ0) is 10.7. The first-order valence-corrected chi connectivity index (χ1v) is 6.53. The molecule has 0 aromatic carbocycles. The van der Waals surface area contributed by atoms with Gasteiger partial charge in [-0.3, -0.25) is 4.90 Å². The third-order valence-corrected chi connectivity index (χ3v) is 3.95. The Morgan fingerprint density at radius 1 is 1.13 bits per heavy atom. The van der Waals surface area contributed by atoms with Gasteiger partial charge < -0.3 is 10.6 Å². The van der Waals surface area contributed by atoms with E-state index in [1.165, 1.54) is 58.4 Å². The summed E-state index contributed by atoms with van der Waals surface area (Å²) in [4.78, 5) is 5.21. The molecule has 0 spiro atoms. The fourth-order valence-corrected chi connectivity index (χ4v) is 3.06. The predicted molar refractivity (Wildman–Crippen MR) is 63.9 cm³/mol. The molecule has 2 atom stereocenters. The van der Waals surface area contributed by atoms with Crippen molar-refractivity contribution in [3.05, 3.63) is 0 Å². The van der Waals surface area contributed by atoms with Crippen LogP contribution in [0, 0.1) is 0 Å². The van der Waals surface area contributed by atoms with Gasteiger partial charge in [-0.1, -0.05) is 13.3 Å². The third kappa shape index (κ3) is 2.71. The maximum Gasteiger partial charge on any atom is 0.0248 e. The molecule has 2 rings (SSSR count). The van der Waals surface area contributed by atoms with Gasteiger partial charge in [0, 0.05) is 38.3 Å². The van der Waals surface area contributed by atoms with E-state index in [2.05, 4.69) is 16.7 Å². The normalized spacial score (nSPS) is 34.8. The Labute approximate surface area is 93.6 Å². The van der Waals surface area contributed by atoms with E-state index in [1.807, 2.05) is 0 Å². The second-order valence-electron chi connectivity index (χ2n) is 5.04. The molecule has 0 aromatic rings. The van der Waals surface area contributed by atoms with Gasteiger partial charge in [-0.15, -0.1) is 0 Å². The highest BCUT2D eigenvalue weighted by Crippen LogP contribution is 2.23. The predicted octanol–water partition coefficient (Wildman–Crippen LogP) is 0.894. The van der Waals surface area contributed by atoms with E-state index in [9.17, 15) is 0 Å². The van der Waals surface area contributed by atoms with Crippen LogP contribution in [0.1, 0.15) is 32.6 Å². The van der Waals surface area contributed by atoms with E-state index in [1.54, 1.807) is 0 Å². The van der Waals surface area contributed by atoms with Gasteiger partial charge in [-0.25, -0.2) is 0 Å². The molecule has 0 aromatic heterocycles. The van der Waals surface area contributed by atoms with Crippen molar-refractivity contribution < 1.29 is 0 Å². The number of hydrogen-bond donors (Lipinski definition) is 1. The summed E-state index contributed by atoms with van der Waals surface area (Å²) < 4.78 is 0. The summed E-state index contributed by atoms with van der Waals surface area (Å²) in [5, 5.41) is 0. The second-order valence-corrected chi connectivity index (χ2v) is 5.04. The number of hydrogen-bond acceptors (Lipinski definition) is 3. The Hall–Kier alpha value is -0.120. The van der Waals surface area contributed by atoms with Crippen molar-refractivity contribution in [3.63, 3.8) is 0 Å². The zero-order valence-electron chi connectivity index (χ0n) is 9.99. The summed E-state index contributed by atoms with van der Waals surface area (Å²) in [5.74, 6) is 0. The zero-order valence-corrected chi connectivity index (χ0v) is 9.99. The lowest BCUT2D eigenvalue weighted by molar-refractivity contribution is 0.0921. The first kappa shape index (κ1) is 11.4. The number of rotatable bonds is 3. The average molecular weight is 211 g/mol. The maximum atomic E-state index is 6.15. The molecule has 0 bridgehead atoms. The number of nitrogens with zero attached hydrogens (tertiary/aromatic N) is 2. The summed E-state index contributed by atoms with van der Waals surface area (Å²) in [5.41, 5.74) is 6.15. The largest absolute Gasteiger partial charge is 0.326 e. The fraction of sp³-hybridized carbons (Fsp3) is 1.00. The first-order valence-electron chi connectivity index (χ1n) is 6.53. The van der Waals surface area contributed by atoms with E-state index in [0.717, 1.165) is 0 Å². The first-order chi connectivity index (χ1) is 7.31. The molecule has 1 saturated heterocycles. The Balaban J connectivity index is 1.77. The minimum atomic E-state index is 0.447. The van der Waals surface area contributed by atoms with Crippen molar-refractivity contribution >= 4 is 0 Å². The van der Waals surface area contributed by atoms with Gasteiger partial charge in [0.25, 0.3) is 0 Å². The quantitative estimate of drug-likeness (QED) is 0.752. The molecule has 2 N–H and O–H groups in total. The van der Waals surface area contributed by atoms with Crippen LogP contribution < -0.4 is 5.73 Å². The van der Waals surface area contributed by atoms with Gasteiger partial charge in [0.2, 0.25) is 0 Å². The van der Waals surface area contributed by atoms with Crippen LogP contribution in [0.4, 0.5) is 0 Å². The van der Waals surface area contributed by atoms with Gasteiger partial charge in [0.1, 0.15) is 0 Å². The lowest BCUT2D eigenvalue weighted by Crippen LogP contribution is -2.53. The van der Waals surface area contributed by atoms with Crippen molar-refractivity contribution in [2.75, 3.05) is 32.7 Å². The molecule has 0 unspecified atom stereocenters. The van der Waals surface area contributed by atoms with Gasteiger partial charge >= 0.3 is 0 Å². The Morgan fingerprint density at radius 2 is 1.87 bits per heavy atom. The van der Waals surface area contributed by atoms with E-state index < -0.39 is 0 Å². The van der Waals surface area contributed by atoms with Crippen molar-refractivity contribution in [1.82, 2.24) is 9.80 Å². The van der Waals surface area contributed by atoms with Gasteiger partial charge in [-0.05, 0) is 25.8 Å². The Bertz CT molecular complexity index is 187. The van der Waals surface area contributed by atoms with Crippen molar-refractivity contribution in [2.24, 2.45) is 5.73 Å². The lowest BCUT2D eigenvalue weighted by Gasteiger charge is -2.39. The molecular formula is C12H25N3. The summed E-state index contributed by atoms with van der Waals surface area (Å²) in [7, 11) is 0. The number of piperazine rings is 1. The molecule has 2 aliphatic rings. The maximum absolute atomic E-state index is 6.15. The highest BCUT2D eigenvalue weighted by atomic mass is 15.3. The molecule has 0 amide bonds. The van der Waals surface area contributed by atoms with E-state index in [4.69, 9.17) is 5.73 Å². The molecule has 2 fully saturated rings. The fourth-order valence-electron chi connectivity index (χ4n) is 3.06. The van der Waals surface area contributed by atoms with Gasteiger partial charge in [0.05, 0.1) is 0 Å². The van der Waals surface area contributed by atoms with Crippen LogP contribution in [-0.2, 0) is 0 Å².